The highest BCUT2D eigenvalue weighted by atomic mass is 19.4. The summed E-state index contributed by atoms with van der Waals surface area (Å²) < 4.78 is 42.7. The van der Waals surface area contributed by atoms with Crippen molar-refractivity contribution in [1.82, 2.24) is 4.98 Å². The van der Waals surface area contributed by atoms with Gasteiger partial charge in [-0.2, -0.15) is 13.2 Å². The number of alkyl halides is 3. The first kappa shape index (κ1) is 13.5. The molecule has 0 spiro atoms. The van der Waals surface area contributed by atoms with E-state index >= 15 is 0 Å². The van der Waals surface area contributed by atoms with Crippen LogP contribution in [0.15, 0.2) is 18.2 Å². The molecule has 0 unspecified atom stereocenters. The minimum atomic E-state index is -4.40. The molecule has 3 nitrogen and oxygen atoms in total. The van der Waals surface area contributed by atoms with Crippen molar-refractivity contribution in [2.45, 2.75) is 20.0 Å². The Labute approximate surface area is 107 Å². The third kappa shape index (κ3) is 2.43. The van der Waals surface area contributed by atoms with Gasteiger partial charge >= 0.3 is 12.1 Å². The zero-order chi connectivity index (χ0) is 14.2. The summed E-state index contributed by atoms with van der Waals surface area (Å²) in [5.41, 5.74) is 0.391. The van der Waals surface area contributed by atoms with Gasteiger partial charge in [0.1, 0.15) is 5.69 Å². The second-order valence-electron chi connectivity index (χ2n) is 4.10. The summed E-state index contributed by atoms with van der Waals surface area (Å²) in [6.07, 6.45) is -4.40. The molecule has 1 aromatic heterocycles. The lowest BCUT2D eigenvalue weighted by Gasteiger charge is -2.06. The summed E-state index contributed by atoms with van der Waals surface area (Å²) in [7, 11) is 0. The molecule has 102 valence electrons. The fourth-order valence-electron chi connectivity index (χ4n) is 1.91. The Hall–Kier alpha value is -1.98. The molecule has 0 aliphatic carbocycles. The van der Waals surface area contributed by atoms with Crippen LogP contribution in [0.5, 0.6) is 0 Å². The van der Waals surface area contributed by atoms with E-state index in [1.165, 1.54) is 6.07 Å². The SMILES string of the molecule is CCOC(=O)c1[nH]c2ccc(C(F)(F)F)cc2c1C. The number of aromatic amines is 1. The van der Waals surface area contributed by atoms with Crippen LogP contribution in [0.25, 0.3) is 10.9 Å². The monoisotopic (exact) mass is 271 g/mol. The first-order valence-corrected chi connectivity index (χ1v) is 5.71. The van der Waals surface area contributed by atoms with Gasteiger partial charge in [-0.1, -0.05) is 0 Å². The van der Waals surface area contributed by atoms with Gasteiger partial charge in [-0.15, -0.1) is 0 Å². The summed E-state index contributed by atoms with van der Waals surface area (Å²) in [5.74, 6) is -0.565. The smallest absolute Gasteiger partial charge is 0.416 e. The maximum Gasteiger partial charge on any atom is 0.416 e. The number of aromatic nitrogens is 1. The Morgan fingerprint density at radius 1 is 1.37 bits per heavy atom. The number of carbonyl (C=O) groups excluding carboxylic acids is 1. The fraction of sp³-hybridized carbons (Fsp3) is 0.308. The second-order valence-corrected chi connectivity index (χ2v) is 4.10. The molecule has 0 aliphatic heterocycles. The fourth-order valence-corrected chi connectivity index (χ4v) is 1.91. The van der Waals surface area contributed by atoms with Gasteiger partial charge in [0.25, 0.3) is 0 Å². The Morgan fingerprint density at radius 2 is 2.05 bits per heavy atom. The number of halogens is 3. The van der Waals surface area contributed by atoms with E-state index in [1.54, 1.807) is 13.8 Å². The summed E-state index contributed by atoms with van der Waals surface area (Å²) in [4.78, 5) is 14.4. The maximum absolute atomic E-state index is 12.6. The third-order valence-electron chi connectivity index (χ3n) is 2.87. The number of hydrogen-bond acceptors (Lipinski definition) is 2. The van der Waals surface area contributed by atoms with Crippen LogP contribution in [0.2, 0.25) is 0 Å². The lowest BCUT2D eigenvalue weighted by Crippen LogP contribution is -2.06. The normalized spacial score (nSPS) is 11.8. The van der Waals surface area contributed by atoms with E-state index in [0.29, 0.717) is 16.5 Å². The number of carbonyl (C=O) groups is 1. The number of H-pyrrole nitrogens is 1. The van der Waals surface area contributed by atoms with Crippen LogP contribution in [0.3, 0.4) is 0 Å². The Balaban J connectivity index is 2.55. The zero-order valence-electron chi connectivity index (χ0n) is 10.4. The predicted molar refractivity (Wildman–Crippen MR) is 64.0 cm³/mol. The van der Waals surface area contributed by atoms with Crippen molar-refractivity contribution in [3.8, 4) is 0 Å². The van der Waals surface area contributed by atoms with Crippen molar-refractivity contribution < 1.29 is 22.7 Å². The summed E-state index contributed by atoms with van der Waals surface area (Å²) >= 11 is 0. The van der Waals surface area contributed by atoms with Gasteiger partial charge in [0.2, 0.25) is 0 Å². The highest BCUT2D eigenvalue weighted by Gasteiger charge is 2.31. The number of rotatable bonds is 2. The summed E-state index contributed by atoms with van der Waals surface area (Å²) in [6, 6.07) is 3.32. The van der Waals surface area contributed by atoms with Crippen molar-refractivity contribution in [3.05, 3.63) is 35.0 Å². The number of fused-ring (bicyclic) bond motifs is 1. The molecule has 0 saturated heterocycles. The lowest BCUT2D eigenvalue weighted by atomic mass is 10.1. The molecule has 0 amide bonds. The first-order valence-electron chi connectivity index (χ1n) is 5.71. The van der Waals surface area contributed by atoms with Crippen molar-refractivity contribution in [2.75, 3.05) is 6.61 Å². The molecule has 1 heterocycles. The van der Waals surface area contributed by atoms with Gasteiger partial charge in [-0.3, -0.25) is 0 Å². The van der Waals surface area contributed by atoms with Crippen LogP contribution < -0.4 is 0 Å². The lowest BCUT2D eigenvalue weighted by molar-refractivity contribution is -0.137. The minimum absolute atomic E-state index is 0.191. The highest BCUT2D eigenvalue weighted by Crippen LogP contribution is 2.33. The summed E-state index contributed by atoms with van der Waals surface area (Å²) in [5, 5.41) is 0.373. The van der Waals surface area contributed by atoms with Crippen LogP contribution in [0.4, 0.5) is 13.2 Å². The molecule has 0 atom stereocenters. The standard InChI is InChI=1S/C13H12F3NO2/c1-3-19-12(18)11-7(2)9-6-8(13(14,15)16)4-5-10(9)17-11/h4-6,17H,3H2,1-2H3. The van der Waals surface area contributed by atoms with Crippen LogP contribution in [-0.4, -0.2) is 17.6 Å². The molecule has 1 N–H and O–H groups in total. The van der Waals surface area contributed by atoms with E-state index < -0.39 is 17.7 Å². The highest BCUT2D eigenvalue weighted by molar-refractivity contribution is 5.98. The molecular formula is C13H12F3NO2. The quantitative estimate of drug-likeness (QED) is 0.847. The molecule has 0 bridgehead atoms. The van der Waals surface area contributed by atoms with Gasteiger partial charge in [0.05, 0.1) is 12.2 Å². The average Bonchev–Trinajstić information content (AvgIpc) is 2.66. The topological polar surface area (TPSA) is 42.1 Å². The molecule has 0 saturated carbocycles. The number of ether oxygens (including phenoxy) is 1. The Bertz CT molecular complexity index is 629. The molecule has 0 radical (unpaired) electrons. The van der Waals surface area contributed by atoms with E-state index in [9.17, 15) is 18.0 Å². The van der Waals surface area contributed by atoms with Crippen LogP contribution >= 0.6 is 0 Å². The predicted octanol–water partition coefficient (Wildman–Crippen LogP) is 3.67. The molecule has 0 aliphatic rings. The van der Waals surface area contributed by atoms with E-state index in [-0.39, 0.29) is 12.3 Å². The van der Waals surface area contributed by atoms with Gasteiger partial charge in [0.15, 0.2) is 0 Å². The molecule has 1 aromatic carbocycles. The Morgan fingerprint density at radius 3 is 2.63 bits per heavy atom. The molecule has 2 aromatic rings. The van der Waals surface area contributed by atoms with E-state index in [0.717, 1.165) is 12.1 Å². The molecular weight excluding hydrogens is 259 g/mol. The summed E-state index contributed by atoms with van der Waals surface area (Å²) in [6.45, 7) is 3.46. The number of aryl methyl sites for hydroxylation is 1. The Kier molecular flexibility index (Phi) is 3.26. The number of hydrogen-bond donors (Lipinski definition) is 1. The van der Waals surface area contributed by atoms with Crippen molar-refractivity contribution in [1.29, 1.82) is 0 Å². The molecule has 0 fully saturated rings. The molecule has 2 rings (SSSR count). The van der Waals surface area contributed by atoms with Gasteiger partial charge in [0, 0.05) is 10.9 Å². The zero-order valence-corrected chi connectivity index (χ0v) is 10.4. The maximum atomic E-state index is 12.6. The van der Waals surface area contributed by atoms with Crippen molar-refractivity contribution >= 4 is 16.9 Å². The minimum Gasteiger partial charge on any atom is -0.461 e. The van der Waals surface area contributed by atoms with Crippen LogP contribution in [-0.2, 0) is 10.9 Å². The number of benzene rings is 1. The molecule has 6 heteroatoms. The largest absolute Gasteiger partial charge is 0.461 e. The molecule has 19 heavy (non-hydrogen) atoms. The number of nitrogens with one attached hydrogen (secondary N) is 1. The van der Waals surface area contributed by atoms with Gasteiger partial charge in [-0.05, 0) is 37.6 Å². The van der Waals surface area contributed by atoms with Crippen LogP contribution in [0.1, 0.15) is 28.5 Å². The van der Waals surface area contributed by atoms with Crippen molar-refractivity contribution in [2.24, 2.45) is 0 Å². The van der Waals surface area contributed by atoms with Crippen LogP contribution in [0, 0.1) is 6.92 Å². The average molecular weight is 271 g/mol. The second kappa shape index (κ2) is 4.60. The van der Waals surface area contributed by atoms with Crippen molar-refractivity contribution in [3.63, 3.8) is 0 Å². The van der Waals surface area contributed by atoms with E-state index in [1.807, 2.05) is 0 Å². The van der Waals surface area contributed by atoms with Gasteiger partial charge < -0.3 is 9.72 Å². The first-order chi connectivity index (χ1) is 8.84. The third-order valence-corrected chi connectivity index (χ3v) is 2.87. The van der Waals surface area contributed by atoms with E-state index in [2.05, 4.69) is 4.98 Å². The number of esters is 1. The van der Waals surface area contributed by atoms with Gasteiger partial charge in [-0.25, -0.2) is 4.79 Å². The van der Waals surface area contributed by atoms with E-state index in [4.69, 9.17) is 4.74 Å².